The van der Waals surface area contributed by atoms with Gasteiger partial charge in [0.1, 0.15) is 24.5 Å². The summed E-state index contributed by atoms with van der Waals surface area (Å²) in [5.41, 5.74) is 0.649. The van der Waals surface area contributed by atoms with Gasteiger partial charge in [-0.3, -0.25) is 0 Å². The maximum Gasteiger partial charge on any atom is 0.132 e. The Balaban J connectivity index is 1.33. The first-order valence-electron chi connectivity index (χ1n) is 7.55. The monoisotopic (exact) mass is 297 g/mol. The Hall–Kier alpha value is -2.39. The van der Waals surface area contributed by atoms with Crippen LogP contribution in [0.3, 0.4) is 0 Å². The highest BCUT2D eigenvalue weighted by molar-refractivity contribution is 5.34. The number of hydrogen-bond acceptors (Lipinski definition) is 5. The SMILES string of the molecule is N#Cc1ccc(OCCNC[C@H]2CCc3nncn3C2)cc1. The molecule has 1 atom stereocenters. The first-order chi connectivity index (χ1) is 10.8. The third kappa shape index (κ3) is 3.62. The van der Waals surface area contributed by atoms with Crippen LogP contribution in [0.15, 0.2) is 30.6 Å². The van der Waals surface area contributed by atoms with Gasteiger partial charge >= 0.3 is 0 Å². The number of nitrogens with zero attached hydrogens (tertiary/aromatic N) is 4. The lowest BCUT2D eigenvalue weighted by atomic mass is 9.99. The van der Waals surface area contributed by atoms with Gasteiger partial charge in [-0.25, -0.2) is 0 Å². The molecule has 22 heavy (non-hydrogen) atoms. The second kappa shape index (κ2) is 7.05. The number of benzene rings is 1. The zero-order chi connectivity index (χ0) is 15.2. The molecule has 0 radical (unpaired) electrons. The summed E-state index contributed by atoms with van der Waals surface area (Å²) in [6, 6.07) is 9.28. The fraction of sp³-hybridized carbons (Fsp3) is 0.438. The highest BCUT2D eigenvalue weighted by atomic mass is 16.5. The van der Waals surface area contributed by atoms with Gasteiger partial charge in [0.25, 0.3) is 0 Å². The Bertz CT molecular complexity index is 643. The number of rotatable bonds is 6. The van der Waals surface area contributed by atoms with Crippen molar-refractivity contribution in [1.82, 2.24) is 20.1 Å². The average Bonchev–Trinajstić information content (AvgIpc) is 3.03. The quantitative estimate of drug-likeness (QED) is 0.815. The molecule has 3 rings (SSSR count). The molecular formula is C16H19N5O. The minimum absolute atomic E-state index is 0.622. The van der Waals surface area contributed by atoms with Gasteiger partial charge in [0.15, 0.2) is 0 Å². The third-order valence-corrected chi connectivity index (χ3v) is 3.89. The van der Waals surface area contributed by atoms with Crippen molar-refractivity contribution in [3.63, 3.8) is 0 Å². The number of fused-ring (bicyclic) bond motifs is 1. The van der Waals surface area contributed by atoms with Crippen LogP contribution in [-0.4, -0.2) is 34.5 Å². The van der Waals surface area contributed by atoms with Gasteiger partial charge in [-0.2, -0.15) is 5.26 Å². The minimum atomic E-state index is 0.622. The van der Waals surface area contributed by atoms with Gasteiger partial charge in [0.05, 0.1) is 11.6 Å². The fourth-order valence-corrected chi connectivity index (χ4v) is 2.67. The van der Waals surface area contributed by atoms with Crippen LogP contribution in [0.25, 0.3) is 0 Å². The van der Waals surface area contributed by atoms with Crippen molar-refractivity contribution in [3.05, 3.63) is 42.0 Å². The Morgan fingerprint density at radius 3 is 3.05 bits per heavy atom. The third-order valence-electron chi connectivity index (χ3n) is 3.89. The molecular weight excluding hydrogens is 278 g/mol. The van der Waals surface area contributed by atoms with Crippen LogP contribution in [0.5, 0.6) is 5.75 Å². The van der Waals surface area contributed by atoms with Gasteiger partial charge in [-0.1, -0.05) is 0 Å². The summed E-state index contributed by atoms with van der Waals surface area (Å²) in [7, 11) is 0. The lowest BCUT2D eigenvalue weighted by Gasteiger charge is -2.23. The van der Waals surface area contributed by atoms with Crippen LogP contribution < -0.4 is 10.1 Å². The van der Waals surface area contributed by atoms with Crippen molar-refractivity contribution in [1.29, 1.82) is 5.26 Å². The van der Waals surface area contributed by atoms with Crippen LogP contribution in [0, 0.1) is 17.2 Å². The van der Waals surface area contributed by atoms with E-state index in [1.807, 2.05) is 18.5 Å². The Kier molecular flexibility index (Phi) is 4.66. The minimum Gasteiger partial charge on any atom is -0.492 e. The number of aromatic nitrogens is 3. The van der Waals surface area contributed by atoms with Gasteiger partial charge < -0.3 is 14.6 Å². The second-order valence-electron chi connectivity index (χ2n) is 5.49. The predicted octanol–water partition coefficient (Wildman–Crippen LogP) is 1.38. The lowest BCUT2D eigenvalue weighted by Crippen LogP contribution is -2.32. The largest absolute Gasteiger partial charge is 0.492 e. The first kappa shape index (κ1) is 14.5. The zero-order valence-electron chi connectivity index (χ0n) is 12.4. The standard InChI is InChI=1S/C16H19N5O/c17-9-13-1-4-15(5-2-13)22-8-7-18-10-14-3-6-16-20-19-12-21(16)11-14/h1-2,4-5,12,14,18H,3,6-8,10-11H2/t14-/m1/s1. The Labute approximate surface area is 129 Å². The van der Waals surface area contributed by atoms with Crippen molar-refractivity contribution in [2.75, 3.05) is 19.7 Å². The number of aryl methyl sites for hydroxylation is 1. The molecule has 0 fully saturated rings. The summed E-state index contributed by atoms with van der Waals surface area (Å²) in [5.74, 6) is 2.52. The first-order valence-corrected chi connectivity index (χ1v) is 7.55. The molecule has 2 heterocycles. The normalized spacial score (nSPS) is 16.8. The molecule has 1 aromatic carbocycles. The van der Waals surface area contributed by atoms with E-state index in [1.165, 1.54) is 0 Å². The molecule has 6 nitrogen and oxygen atoms in total. The van der Waals surface area contributed by atoms with E-state index in [4.69, 9.17) is 10.00 Å². The van der Waals surface area contributed by atoms with Crippen LogP contribution in [0.1, 0.15) is 17.8 Å². The highest BCUT2D eigenvalue weighted by Gasteiger charge is 2.18. The molecule has 1 aliphatic heterocycles. The van der Waals surface area contributed by atoms with E-state index < -0.39 is 0 Å². The van der Waals surface area contributed by atoms with Crippen LogP contribution in [0.4, 0.5) is 0 Å². The molecule has 0 bridgehead atoms. The summed E-state index contributed by atoms with van der Waals surface area (Å²) >= 11 is 0. The van der Waals surface area contributed by atoms with Gasteiger partial charge in [-0.15, -0.1) is 10.2 Å². The van der Waals surface area contributed by atoms with E-state index >= 15 is 0 Å². The number of hydrogen-bond donors (Lipinski definition) is 1. The summed E-state index contributed by atoms with van der Waals surface area (Å²) in [6.45, 7) is 3.40. The molecule has 0 spiro atoms. The van der Waals surface area contributed by atoms with Crippen molar-refractivity contribution < 1.29 is 4.74 Å². The summed E-state index contributed by atoms with van der Waals surface area (Å²) in [4.78, 5) is 0. The summed E-state index contributed by atoms with van der Waals surface area (Å²) < 4.78 is 7.78. The lowest BCUT2D eigenvalue weighted by molar-refractivity contribution is 0.295. The fourth-order valence-electron chi connectivity index (χ4n) is 2.67. The molecule has 6 heteroatoms. The maximum absolute atomic E-state index is 8.74. The Morgan fingerprint density at radius 1 is 1.36 bits per heavy atom. The van der Waals surface area contributed by atoms with E-state index in [0.717, 1.165) is 44.0 Å². The second-order valence-corrected chi connectivity index (χ2v) is 5.49. The predicted molar refractivity (Wildman–Crippen MR) is 81.4 cm³/mol. The van der Waals surface area contributed by atoms with Crippen molar-refractivity contribution in [2.45, 2.75) is 19.4 Å². The van der Waals surface area contributed by atoms with E-state index in [9.17, 15) is 0 Å². The van der Waals surface area contributed by atoms with E-state index in [2.05, 4.69) is 26.2 Å². The van der Waals surface area contributed by atoms with Gasteiger partial charge in [0.2, 0.25) is 0 Å². The molecule has 0 saturated carbocycles. The molecule has 114 valence electrons. The molecule has 1 aliphatic rings. The van der Waals surface area contributed by atoms with Crippen molar-refractivity contribution in [3.8, 4) is 11.8 Å². The highest BCUT2D eigenvalue weighted by Crippen LogP contribution is 2.17. The van der Waals surface area contributed by atoms with Crippen molar-refractivity contribution in [2.24, 2.45) is 5.92 Å². The Morgan fingerprint density at radius 2 is 2.23 bits per heavy atom. The van der Waals surface area contributed by atoms with Gasteiger partial charge in [-0.05, 0) is 43.1 Å². The smallest absolute Gasteiger partial charge is 0.132 e. The zero-order valence-corrected chi connectivity index (χ0v) is 12.4. The molecule has 1 N–H and O–H groups in total. The maximum atomic E-state index is 8.74. The average molecular weight is 297 g/mol. The summed E-state index contributed by atoms with van der Waals surface area (Å²) in [6.07, 6.45) is 3.98. The topological polar surface area (TPSA) is 75.8 Å². The van der Waals surface area contributed by atoms with E-state index in [1.54, 1.807) is 12.1 Å². The van der Waals surface area contributed by atoms with E-state index in [-0.39, 0.29) is 0 Å². The van der Waals surface area contributed by atoms with Gasteiger partial charge in [0, 0.05) is 19.5 Å². The molecule has 0 unspecified atom stereocenters. The van der Waals surface area contributed by atoms with E-state index in [0.29, 0.717) is 18.1 Å². The molecule has 0 amide bonds. The summed E-state index contributed by atoms with van der Waals surface area (Å²) in [5, 5.41) is 20.2. The molecule has 0 saturated heterocycles. The van der Waals surface area contributed by atoms with Crippen molar-refractivity contribution >= 4 is 0 Å². The molecule has 0 aliphatic carbocycles. The number of ether oxygens (including phenoxy) is 1. The van der Waals surface area contributed by atoms with Crippen LogP contribution >= 0.6 is 0 Å². The molecule has 1 aromatic heterocycles. The number of nitrogens with one attached hydrogen (secondary N) is 1. The molecule has 2 aromatic rings. The van der Waals surface area contributed by atoms with Crippen LogP contribution in [0.2, 0.25) is 0 Å². The van der Waals surface area contributed by atoms with Crippen LogP contribution in [-0.2, 0) is 13.0 Å². The number of nitriles is 1.